The molecule has 0 fully saturated rings. The number of nitrogens with zero attached hydrogens (tertiary/aromatic N) is 2. The fraction of sp³-hybridized carbons (Fsp3) is 0.353. The third kappa shape index (κ3) is 3.56. The van der Waals surface area contributed by atoms with Crippen LogP contribution in [0, 0.1) is 0 Å². The first kappa shape index (κ1) is 16.0. The van der Waals surface area contributed by atoms with Crippen LogP contribution in [0.1, 0.15) is 30.1 Å². The Bertz CT molecular complexity index is 782. The van der Waals surface area contributed by atoms with Crippen molar-refractivity contribution in [2.75, 3.05) is 24.3 Å². The largest absolute Gasteiger partial charge is 0.363 e. The van der Waals surface area contributed by atoms with E-state index in [1.807, 2.05) is 31.1 Å². The first-order valence-corrected chi connectivity index (χ1v) is 7.96. The molecule has 2 aromatic heterocycles. The molecule has 24 heavy (non-hydrogen) atoms. The maximum atomic E-state index is 12.2. The molecule has 0 bridgehead atoms. The zero-order valence-corrected chi connectivity index (χ0v) is 13.8. The molecular weight excluding hydrogens is 306 g/mol. The summed E-state index contributed by atoms with van der Waals surface area (Å²) in [6.07, 6.45) is 4.24. The first-order chi connectivity index (χ1) is 11.5. The standard InChI is InChI=1S/C17H21N5O2/c1-22(2)15-8-6-11(10-18-15)19-17(24)21-14-5-3-4-13-12(14)7-9-16(23)20-13/h6-10,14H,3-5H2,1-2H3,(H,20,23)(H2,19,21,24)/t14-/m0/s1. The van der Waals surface area contributed by atoms with Crippen LogP contribution in [0.2, 0.25) is 0 Å². The summed E-state index contributed by atoms with van der Waals surface area (Å²) < 4.78 is 0. The van der Waals surface area contributed by atoms with Gasteiger partial charge in [0, 0.05) is 25.9 Å². The molecule has 1 aliphatic carbocycles. The lowest BCUT2D eigenvalue weighted by Crippen LogP contribution is -2.35. The van der Waals surface area contributed by atoms with E-state index < -0.39 is 0 Å². The number of nitrogens with one attached hydrogen (secondary N) is 3. The van der Waals surface area contributed by atoms with Crippen LogP contribution in [0.15, 0.2) is 35.3 Å². The van der Waals surface area contributed by atoms with Gasteiger partial charge in [0.1, 0.15) is 5.82 Å². The molecule has 1 aliphatic rings. The topological polar surface area (TPSA) is 90.1 Å². The number of amides is 2. The predicted octanol–water partition coefficient (Wildman–Crippen LogP) is 2.03. The number of pyridine rings is 2. The van der Waals surface area contributed by atoms with E-state index in [2.05, 4.69) is 20.6 Å². The molecule has 2 amide bonds. The maximum Gasteiger partial charge on any atom is 0.319 e. The molecule has 126 valence electrons. The SMILES string of the molecule is CN(C)c1ccc(NC(=O)N[C@H]2CCCc3[nH]c(=O)ccc32)cn1. The minimum atomic E-state index is -0.279. The Kier molecular flexibility index (Phi) is 4.50. The summed E-state index contributed by atoms with van der Waals surface area (Å²) in [5.74, 6) is 0.825. The summed E-state index contributed by atoms with van der Waals surface area (Å²) in [7, 11) is 3.82. The minimum Gasteiger partial charge on any atom is -0.363 e. The van der Waals surface area contributed by atoms with Gasteiger partial charge in [-0.3, -0.25) is 4.79 Å². The molecule has 0 radical (unpaired) electrons. The number of hydrogen-bond acceptors (Lipinski definition) is 4. The van der Waals surface area contributed by atoms with E-state index in [1.165, 1.54) is 6.07 Å². The van der Waals surface area contributed by atoms with Crippen LogP contribution < -0.4 is 21.1 Å². The number of carbonyl (C=O) groups is 1. The lowest BCUT2D eigenvalue weighted by atomic mass is 9.91. The monoisotopic (exact) mass is 327 g/mol. The Morgan fingerprint density at radius 2 is 2.12 bits per heavy atom. The molecule has 0 saturated heterocycles. The number of aryl methyl sites for hydroxylation is 1. The Labute approximate surface area is 140 Å². The second kappa shape index (κ2) is 6.74. The molecule has 0 spiro atoms. The van der Waals surface area contributed by atoms with Gasteiger partial charge in [-0.15, -0.1) is 0 Å². The molecule has 3 N–H and O–H groups in total. The number of anilines is 2. The van der Waals surface area contributed by atoms with Crippen molar-refractivity contribution in [2.24, 2.45) is 0 Å². The number of aromatic nitrogens is 2. The van der Waals surface area contributed by atoms with Crippen LogP contribution in [-0.2, 0) is 6.42 Å². The lowest BCUT2D eigenvalue weighted by Gasteiger charge is -2.26. The van der Waals surface area contributed by atoms with Crippen molar-refractivity contribution in [3.63, 3.8) is 0 Å². The van der Waals surface area contributed by atoms with Crippen molar-refractivity contribution in [2.45, 2.75) is 25.3 Å². The Balaban J connectivity index is 1.66. The van der Waals surface area contributed by atoms with Crippen molar-refractivity contribution in [1.29, 1.82) is 0 Å². The average molecular weight is 327 g/mol. The van der Waals surface area contributed by atoms with Crippen molar-refractivity contribution in [3.05, 3.63) is 52.1 Å². The Morgan fingerprint density at radius 1 is 1.29 bits per heavy atom. The summed E-state index contributed by atoms with van der Waals surface area (Å²) >= 11 is 0. The number of rotatable bonds is 3. The second-order valence-electron chi connectivity index (χ2n) is 6.10. The van der Waals surface area contributed by atoms with Gasteiger partial charge in [-0.2, -0.15) is 0 Å². The van der Waals surface area contributed by atoms with Crippen LogP contribution in [0.5, 0.6) is 0 Å². The maximum absolute atomic E-state index is 12.2. The van der Waals surface area contributed by atoms with Crippen molar-refractivity contribution in [3.8, 4) is 0 Å². The average Bonchev–Trinajstić information content (AvgIpc) is 2.55. The van der Waals surface area contributed by atoms with Crippen LogP contribution >= 0.6 is 0 Å². The highest BCUT2D eigenvalue weighted by molar-refractivity contribution is 5.89. The molecule has 2 heterocycles. The quantitative estimate of drug-likeness (QED) is 0.804. The molecular formula is C17H21N5O2. The van der Waals surface area contributed by atoms with Gasteiger partial charge < -0.3 is 20.5 Å². The van der Waals surface area contributed by atoms with Gasteiger partial charge >= 0.3 is 6.03 Å². The van der Waals surface area contributed by atoms with Gasteiger partial charge in [-0.25, -0.2) is 9.78 Å². The zero-order valence-electron chi connectivity index (χ0n) is 13.8. The predicted molar refractivity (Wildman–Crippen MR) is 93.5 cm³/mol. The summed E-state index contributed by atoms with van der Waals surface area (Å²) in [5.41, 5.74) is 2.43. The lowest BCUT2D eigenvalue weighted by molar-refractivity contribution is 0.247. The molecule has 7 heteroatoms. The zero-order chi connectivity index (χ0) is 17.1. The van der Waals surface area contributed by atoms with Crippen molar-refractivity contribution >= 4 is 17.5 Å². The van der Waals surface area contributed by atoms with E-state index in [4.69, 9.17) is 0 Å². The molecule has 0 saturated carbocycles. The highest BCUT2D eigenvalue weighted by Gasteiger charge is 2.22. The summed E-state index contributed by atoms with van der Waals surface area (Å²) in [6, 6.07) is 6.58. The number of H-pyrrole nitrogens is 1. The third-order valence-corrected chi connectivity index (χ3v) is 4.10. The van der Waals surface area contributed by atoms with Crippen LogP contribution in [0.4, 0.5) is 16.3 Å². The fourth-order valence-electron chi connectivity index (χ4n) is 2.90. The van der Waals surface area contributed by atoms with Crippen LogP contribution in [0.25, 0.3) is 0 Å². The van der Waals surface area contributed by atoms with Crippen molar-refractivity contribution < 1.29 is 4.79 Å². The Morgan fingerprint density at radius 3 is 2.83 bits per heavy atom. The number of aromatic amines is 1. The van der Waals surface area contributed by atoms with E-state index in [9.17, 15) is 9.59 Å². The second-order valence-corrected chi connectivity index (χ2v) is 6.10. The highest BCUT2D eigenvalue weighted by Crippen LogP contribution is 2.27. The van der Waals surface area contributed by atoms with Crippen LogP contribution in [-0.4, -0.2) is 30.1 Å². The number of hydrogen-bond donors (Lipinski definition) is 3. The summed E-state index contributed by atoms with van der Waals surface area (Å²) in [6.45, 7) is 0. The molecule has 0 aromatic carbocycles. The first-order valence-electron chi connectivity index (χ1n) is 7.96. The normalized spacial score (nSPS) is 16.2. The van der Waals surface area contributed by atoms with Crippen molar-refractivity contribution in [1.82, 2.24) is 15.3 Å². The van der Waals surface area contributed by atoms with Gasteiger partial charge in [-0.1, -0.05) is 0 Å². The van der Waals surface area contributed by atoms with Crippen LogP contribution in [0.3, 0.4) is 0 Å². The Hall–Kier alpha value is -2.83. The fourth-order valence-corrected chi connectivity index (χ4v) is 2.90. The van der Waals surface area contributed by atoms with E-state index >= 15 is 0 Å². The third-order valence-electron chi connectivity index (χ3n) is 4.10. The summed E-state index contributed by atoms with van der Waals surface area (Å²) in [5, 5.41) is 5.76. The van der Waals surface area contributed by atoms with E-state index in [0.717, 1.165) is 36.3 Å². The number of fused-ring (bicyclic) bond motifs is 1. The minimum absolute atomic E-state index is 0.0976. The summed E-state index contributed by atoms with van der Waals surface area (Å²) in [4.78, 5) is 32.7. The molecule has 2 aromatic rings. The van der Waals surface area contributed by atoms with Gasteiger partial charge in [-0.05, 0) is 43.0 Å². The van der Waals surface area contributed by atoms with Gasteiger partial charge in [0.15, 0.2) is 0 Å². The molecule has 0 aliphatic heterocycles. The number of carbonyl (C=O) groups excluding carboxylic acids is 1. The molecule has 1 atom stereocenters. The van der Waals surface area contributed by atoms with Gasteiger partial charge in [0.05, 0.1) is 17.9 Å². The number of urea groups is 1. The highest BCUT2D eigenvalue weighted by atomic mass is 16.2. The van der Waals surface area contributed by atoms with E-state index in [-0.39, 0.29) is 17.6 Å². The van der Waals surface area contributed by atoms with E-state index in [1.54, 1.807) is 12.3 Å². The van der Waals surface area contributed by atoms with Gasteiger partial charge in [0.2, 0.25) is 5.56 Å². The molecule has 0 unspecified atom stereocenters. The molecule has 7 nitrogen and oxygen atoms in total. The van der Waals surface area contributed by atoms with Gasteiger partial charge in [0.25, 0.3) is 0 Å². The molecule has 3 rings (SSSR count). The smallest absolute Gasteiger partial charge is 0.319 e. The van der Waals surface area contributed by atoms with E-state index in [0.29, 0.717) is 5.69 Å².